The van der Waals surface area contributed by atoms with Crippen molar-refractivity contribution in [2.24, 2.45) is 0 Å². The van der Waals surface area contributed by atoms with Crippen LogP contribution >= 0.6 is 11.6 Å². The van der Waals surface area contributed by atoms with Gasteiger partial charge in [-0.3, -0.25) is 9.59 Å². The third kappa shape index (κ3) is 1.75. The van der Waals surface area contributed by atoms with Gasteiger partial charge in [0.2, 0.25) is 0 Å². The van der Waals surface area contributed by atoms with Crippen LogP contribution in [0.25, 0.3) is 0 Å². The third-order valence-corrected chi connectivity index (χ3v) is 2.86. The van der Waals surface area contributed by atoms with Crippen molar-refractivity contribution in [3.8, 4) is 0 Å². The average molecular weight is 225 g/mol. The summed E-state index contributed by atoms with van der Waals surface area (Å²) in [6.45, 7) is 0. The van der Waals surface area contributed by atoms with Gasteiger partial charge in [-0.25, -0.2) is 0 Å². The predicted octanol–water partition coefficient (Wildman–Crippen LogP) is 2.02. The van der Waals surface area contributed by atoms with E-state index in [0.717, 1.165) is 5.56 Å². The van der Waals surface area contributed by atoms with Gasteiger partial charge in [0, 0.05) is 11.4 Å². The van der Waals surface area contributed by atoms with Crippen LogP contribution in [0.15, 0.2) is 18.2 Å². The molecule has 15 heavy (non-hydrogen) atoms. The van der Waals surface area contributed by atoms with Gasteiger partial charge >= 0.3 is 5.97 Å². The zero-order valence-corrected chi connectivity index (χ0v) is 8.62. The first-order valence-electron chi connectivity index (χ1n) is 4.63. The van der Waals surface area contributed by atoms with E-state index < -0.39 is 11.9 Å². The first kappa shape index (κ1) is 10.2. The Kier molecular flexibility index (Phi) is 2.49. The lowest BCUT2D eigenvalue weighted by atomic mass is 9.82. The molecule has 1 unspecified atom stereocenters. The number of hydrogen-bond acceptors (Lipinski definition) is 2. The van der Waals surface area contributed by atoms with Crippen LogP contribution in [0.2, 0.25) is 5.02 Å². The summed E-state index contributed by atoms with van der Waals surface area (Å²) in [6, 6.07) is 4.99. The largest absolute Gasteiger partial charge is 0.480 e. The number of benzene rings is 1. The number of hydrogen-bond donors (Lipinski definition) is 1. The van der Waals surface area contributed by atoms with Gasteiger partial charge in [-0.2, -0.15) is 0 Å². The maximum absolute atomic E-state index is 11.5. The fourth-order valence-electron chi connectivity index (χ4n) is 1.92. The molecule has 0 spiro atoms. The number of Topliss-reactive ketones (excluding diaryl/α,β-unsaturated/α-hetero) is 1. The molecule has 78 valence electrons. The number of aliphatic carboxylic acids is 1. The Hall–Kier alpha value is -1.35. The lowest BCUT2D eigenvalue weighted by molar-refractivity contribution is -0.142. The van der Waals surface area contributed by atoms with E-state index in [2.05, 4.69) is 0 Å². The van der Waals surface area contributed by atoms with Crippen molar-refractivity contribution in [2.75, 3.05) is 0 Å². The van der Waals surface area contributed by atoms with Crippen molar-refractivity contribution >= 4 is 23.4 Å². The average Bonchev–Trinajstić information content (AvgIpc) is 2.17. The second-order valence-electron chi connectivity index (χ2n) is 3.58. The van der Waals surface area contributed by atoms with E-state index in [1.165, 1.54) is 0 Å². The SMILES string of the molecule is O=C(O)C1C(=O)CCc2cc(Cl)ccc21. The summed E-state index contributed by atoms with van der Waals surface area (Å²) in [6.07, 6.45) is 0.864. The van der Waals surface area contributed by atoms with E-state index in [9.17, 15) is 9.59 Å². The number of halogens is 1. The Morgan fingerprint density at radius 3 is 2.80 bits per heavy atom. The third-order valence-electron chi connectivity index (χ3n) is 2.63. The Morgan fingerprint density at radius 2 is 2.13 bits per heavy atom. The van der Waals surface area contributed by atoms with Crippen LogP contribution in [0.3, 0.4) is 0 Å². The van der Waals surface area contributed by atoms with Gasteiger partial charge in [-0.15, -0.1) is 0 Å². The second kappa shape index (κ2) is 3.66. The fourth-order valence-corrected chi connectivity index (χ4v) is 2.11. The minimum absolute atomic E-state index is 0.225. The van der Waals surface area contributed by atoms with Crippen LogP contribution < -0.4 is 0 Å². The number of aryl methyl sites for hydroxylation is 1. The fraction of sp³-hybridized carbons (Fsp3) is 0.273. The molecular formula is C11H9ClO3. The molecule has 1 aliphatic rings. The zero-order valence-electron chi connectivity index (χ0n) is 7.87. The highest BCUT2D eigenvalue weighted by Crippen LogP contribution is 2.31. The maximum atomic E-state index is 11.5. The molecule has 0 bridgehead atoms. The second-order valence-corrected chi connectivity index (χ2v) is 4.02. The van der Waals surface area contributed by atoms with Crippen molar-refractivity contribution in [3.05, 3.63) is 34.3 Å². The summed E-state index contributed by atoms with van der Waals surface area (Å²) in [7, 11) is 0. The highest BCUT2D eigenvalue weighted by Gasteiger charge is 2.33. The molecule has 2 rings (SSSR count). The van der Waals surface area contributed by atoms with E-state index in [1.54, 1.807) is 18.2 Å². The number of carbonyl (C=O) groups excluding carboxylic acids is 1. The molecular weight excluding hydrogens is 216 g/mol. The molecule has 0 amide bonds. The van der Waals surface area contributed by atoms with Gasteiger partial charge in [0.05, 0.1) is 0 Å². The Bertz CT molecular complexity index is 439. The molecule has 0 saturated heterocycles. The molecule has 0 radical (unpaired) electrons. The number of ketones is 1. The van der Waals surface area contributed by atoms with Crippen molar-refractivity contribution in [1.82, 2.24) is 0 Å². The normalized spacial score (nSPS) is 19.8. The van der Waals surface area contributed by atoms with Crippen LogP contribution in [-0.2, 0) is 16.0 Å². The van der Waals surface area contributed by atoms with Gasteiger partial charge in [0.15, 0.2) is 5.78 Å². The number of carboxylic acid groups (broad SMARTS) is 1. The smallest absolute Gasteiger partial charge is 0.318 e. The highest BCUT2D eigenvalue weighted by molar-refractivity contribution is 6.30. The minimum atomic E-state index is -1.08. The summed E-state index contributed by atoms with van der Waals surface area (Å²) >= 11 is 5.81. The van der Waals surface area contributed by atoms with Gasteiger partial charge in [0.1, 0.15) is 5.92 Å². The van der Waals surface area contributed by atoms with Crippen molar-refractivity contribution in [2.45, 2.75) is 18.8 Å². The number of fused-ring (bicyclic) bond motifs is 1. The van der Waals surface area contributed by atoms with Crippen LogP contribution in [0.4, 0.5) is 0 Å². The molecule has 0 heterocycles. The Morgan fingerprint density at radius 1 is 1.40 bits per heavy atom. The maximum Gasteiger partial charge on any atom is 0.318 e. The standard InChI is InChI=1S/C11H9ClO3/c12-7-2-3-8-6(5-7)1-4-9(13)10(8)11(14)15/h2-3,5,10H,1,4H2,(H,14,15). The minimum Gasteiger partial charge on any atom is -0.480 e. The molecule has 0 saturated carbocycles. The summed E-state index contributed by atoms with van der Waals surface area (Å²) in [4.78, 5) is 22.4. The van der Waals surface area contributed by atoms with E-state index in [4.69, 9.17) is 16.7 Å². The first-order valence-corrected chi connectivity index (χ1v) is 5.01. The van der Waals surface area contributed by atoms with Gasteiger partial charge in [-0.05, 0) is 29.7 Å². The number of rotatable bonds is 1. The predicted molar refractivity (Wildman–Crippen MR) is 55.2 cm³/mol. The van der Waals surface area contributed by atoms with Gasteiger partial charge in [-0.1, -0.05) is 17.7 Å². The van der Waals surface area contributed by atoms with E-state index in [-0.39, 0.29) is 12.2 Å². The van der Waals surface area contributed by atoms with Crippen LogP contribution in [0, 0.1) is 0 Å². The first-order chi connectivity index (χ1) is 7.09. The summed E-state index contributed by atoms with van der Waals surface area (Å²) in [5, 5.41) is 9.55. The Balaban J connectivity index is 2.53. The van der Waals surface area contributed by atoms with Crippen molar-refractivity contribution in [3.63, 3.8) is 0 Å². The Labute approximate surface area is 91.7 Å². The molecule has 0 fully saturated rings. The zero-order chi connectivity index (χ0) is 11.0. The van der Waals surface area contributed by atoms with E-state index in [0.29, 0.717) is 17.0 Å². The molecule has 1 aromatic carbocycles. The number of carbonyl (C=O) groups is 2. The monoisotopic (exact) mass is 224 g/mol. The number of carboxylic acids is 1. The molecule has 1 atom stereocenters. The van der Waals surface area contributed by atoms with Crippen LogP contribution in [-0.4, -0.2) is 16.9 Å². The topological polar surface area (TPSA) is 54.4 Å². The van der Waals surface area contributed by atoms with E-state index in [1.807, 2.05) is 0 Å². The molecule has 1 aliphatic carbocycles. The van der Waals surface area contributed by atoms with Crippen molar-refractivity contribution < 1.29 is 14.7 Å². The highest BCUT2D eigenvalue weighted by atomic mass is 35.5. The van der Waals surface area contributed by atoms with Crippen molar-refractivity contribution in [1.29, 1.82) is 0 Å². The molecule has 1 aromatic rings. The van der Waals surface area contributed by atoms with Crippen LogP contribution in [0.1, 0.15) is 23.5 Å². The quantitative estimate of drug-likeness (QED) is 0.743. The molecule has 3 nitrogen and oxygen atoms in total. The molecule has 0 aromatic heterocycles. The summed E-state index contributed by atoms with van der Waals surface area (Å²) in [5.74, 6) is -2.31. The van der Waals surface area contributed by atoms with E-state index >= 15 is 0 Å². The lowest BCUT2D eigenvalue weighted by Crippen LogP contribution is -2.27. The van der Waals surface area contributed by atoms with Crippen LogP contribution in [0.5, 0.6) is 0 Å². The lowest BCUT2D eigenvalue weighted by Gasteiger charge is -2.21. The van der Waals surface area contributed by atoms with Gasteiger partial charge in [0.25, 0.3) is 0 Å². The van der Waals surface area contributed by atoms with Gasteiger partial charge < -0.3 is 5.11 Å². The summed E-state index contributed by atoms with van der Waals surface area (Å²) < 4.78 is 0. The summed E-state index contributed by atoms with van der Waals surface area (Å²) in [5.41, 5.74) is 1.46. The molecule has 1 N–H and O–H groups in total. The molecule has 0 aliphatic heterocycles. The molecule has 4 heteroatoms.